The second-order valence-electron chi connectivity index (χ2n) is 6.12. The Kier molecular flexibility index (Phi) is 5.46. The fourth-order valence-corrected chi connectivity index (χ4v) is 3.85. The van der Waals surface area contributed by atoms with Gasteiger partial charge in [-0.1, -0.05) is 6.07 Å². The minimum atomic E-state index is -3.04. The lowest BCUT2D eigenvalue weighted by Gasteiger charge is -2.39. The Morgan fingerprint density at radius 2 is 2.17 bits per heavy atom. The lowest BCUT2D eigenvalue weighted by molar-refractivity contribution is 0.354. The molecule has 0 atom stereocenters. The molecule has 23 heavy (non-hydrogen) atoms. The first-order valence-electron chi connectivity index (χ1n) is 7.68. The smallest absolute Gasteiger partial charge is 0.193 e. The van der Waals surface area contributed by atoms with Crippen LogP contribution in [0.2, 0.25) is 0 Å². The second kappa shape index (κ2) is 7.16. The molecule has 0 aliphatic carbocycles. The third kappa shape index (κ3) is 4.34. The molecule has 8 heteroatoms. The highest BCUT2D eigenvalue weighted by Gasteiger charge is 2.40. The zero-order valence-electron chi connectivity index (χ0n) is 13.9. The minimum Gasteiger partial charge on any atom is -0.368 e. The van der Waals surface area contributed by atoms with E-state index in [4.69, 9.17) is 0 Å². The molecule has 1 saturated heterocycles. The van der Waals surface area contributed by atoms with Crippen molar-refractivity contribution in [2.24, 2.45) is 4.99 Å². The maximum absolute atomic E-state index is 12.1. The van der Waals surface area contributed by atoms with E-state index < -0.39 is 14.6 Å². The predicted molar refractivity (Wildman–Crippen MR) is 93.5 cm³/mol. The van der Waals surface area contributed by atoms with E-state index in [0.717, 1.165) is 11.8 Å². The summed E-state index contributed by atoms with van der Waals surface area (Å²) in [6.07, 6.45) is 1.74. The molecule has 128 valence electrons. The van der Waals surface area contributed by atoms with E-state index in [1.807, 2.05) is 23.1 Å². The topological polar surface area (TPSA) is 86.7 Å². The van der Waals surface area contributed by atoms with Crippen molar-refractivity contribution in [2.45, 2.75) is 18.6 Å². The molecule has 0 amide bonds. The van der Waals surface area contributed by atoms with E-state index in [1.54, 1.807) is 27.1 Å². The first-order valence-corrected chi connectivity index (χ1v) is 9.34. The molecule has 0 saturated carbocycles. The van der Waals surface area contributed by atoms with Gasteiger partial charge in [0.05, 0.1) is 10.5 Å². The van der Waals surface area contributed by atoms with Crippen LogP contribution in [0, 0.1) is 0 Å². The first-order chi connectivity index (χ1) is 10.9. The van der Waals surface area contributed by atoms with E-state index in [2.05, 4.69) is 20.6 Å². The number of aliphatic imine (C=N–C) groups is 1. The average Bonchev–Trinajstić information content (AvgIpc) is 2.51. The molecular formula is C15H25N5O2S. The van der Waals surface area contributed by atoms with Crippen LogP contribution < -0.4 is 10.6 Å². The van der Waals surface area contributed by atoms with Crippen LogP contribution >= 0.6 is 0 Å². The van der Waals surface area contributed by atoms with Crippen LogP contribution in [0.15, 0.2) is 29.4 Å². The van der Waals surface area contributed by atoms with Gasteiger partial charge in [0, 0.05) is 39.4 Å². The number of rotatable bonds is 4. The molecule has 0 radical (unpaired) electrons. The highest BCUT2D eigenvalue weighted by atomic mass is 32.2. The molecule has 1 aliphatic rings. The summed E-state index contributed by atoms with van der Waals surface area (Å²) in [7, 11) is -1.33. The lowest BCUT2D eigenvalue weighted by Crippen LogP contribution is -2.57. The summed E-state index contributed by atoms with van der Waals surface area (Å²) in [5.74, 6) is 1.72. The largest absolute Gasteiger partial charge is 0.368 e. The number of sulfone groups is 1. The zero-order chi connectivity index (χ0) is 16.9. The van der Waals surface area contributed by atoms with Crippen molar-refractivity contribution in [3.05, 3.63) is 24.4 Å². The third-order valence-corrected chi connectivity index (χ3v) is 6.47. The number of nitrogens with one attached hydrogen (secondary N) is 2. The van der Waals surface area contributed by atoms with Gasteiger partial charge in [-0.3, -0.25) is 4.99 Å². The fourth-order valence-electron chi connectivity index (χ4n) is 2.49. The van der Waals surface area contributed by atoms with Crippen LogP contribution in [-0.4, -0.2) is 68.0 Å². The van der Waals surface area contributed by atoms with Gasteiger partial charge in [0.1, 0.15) is 5.82 Å². The highest BCUT2D eigenvalue weighted by Crippen LogP contribution is 2.23. The molecule has 0 bridgehead atoms. The van der Waals surface area contributed by atoms with E-state index in [9.17, 15) is 8.42 Å². The molecule has 7 nitrogen and oxygen atoms in total. The Hall–Kier alpha value is -1.83. The molecular weight excluding hydrogens is 314 g/mol. The Balaban J connectivity index is 1.84. The van der Waals surface area contributed by atoms with Crippen molar-refractivity contribution in [3.8, 4) is 0 Å². The van der Waals surface area contributed by atoms with Crippen molar-refractivity contribution in [3.63, 3.8) is 0 Å². The number of nitrogens with zero attached hydrogens (tertiary/aromatic N) is 3. The van der Waals surface area contributed by atoms with E-state index in [-0.39, 0.29) is 5.75 Å². The van der Waals surface area contributed by atoms with Crippen molar-refractivity contribution in [1.82, 2.24) is 15.2 Å². The van der Waals surface area contributed by atoms with E-state index in [0.29, 0.717) is 26.2 Å². The molecule has 2 heterocycles. The average molecular weight is 339 g/mol. The molecule has 1 aliphatic heterocycles. The molecule has 2 rings (SSSR count). The van der Waals surface area contributed by atoms with Gasteiger partial charge in [-0.05, 0) is 26.0 Å². The first kappa shape index (κ1) is 17.5. The van der Waals surface area contributed by atoms with Crippen molar-refractivity contribution in [2.75, 3.05) is 44.3 Å². The summed E-state index contributed by atoms with van der Waals surface area (Å²) >= 11 is 0. The Morgan fingerprint density at radius 3 is 2.78 bits per heavy atom. The monoisotopic (exact) mass is 339 g/mol. The van der Waals surface area contributed by atoms with Gasteiger partial charge in [0.25, 0.3) is 0 Å². The summed E-state index contributed by atoms with van der Waals surface area (Å²) in [5.41, 5.74) is 0. The molecule has 1 fully saturated rings. The summed E-state index contributed by atoms with van der Waals surface area (Å²) in [6.45, 7) is 5.83. The van der Waals surface area contributed by atoms with Gasteiger partial charge in [-0.2, -0.15) is 0 Å². The van der Waals surface area contributed by atoms with Crippen molar-refractivity contribution < 1.29 is 8.42 Å². The van der Waals surface area contributed by atoms with Crippen LogP contribution in [0.1, 0.15) is 13.8 Å². The number of anilines is 1. The standard InChI is InChI=1S/C15H25N5O2S/c1-15(2)12-20(10-11-23(15,21)22)14(16-3)19-9-8-18-13-6-4-5-7-17-13/h4-7H,8-12H2,1-3H3,(H,16,19)(H,17,18). The molecule has 0 unspecified atom stereocenters. The summed E-state index contributed by atoms with van der Waals surface area (Å²) in [4.78, 5) is 10.5. The maximum Gasteiger partial charge on any atom is 0.193 e. The molecule has 1 aromatic heterocycles. The van der Waals surface area contributed by atoms with Crippen LogP contribution in [0.3, 0.4) is 0 Å². The molecule has 1 aromatic rings. The number of guanidine groups is 1. The van der Waals surface area contributed by atoms with E-state index in [1.165, 1.54) is 0 Å². The maximum atomic E-state index is 12.1. The number of pyridine rings is 1. The Bertz CT molecular complexity index is 643. The van der Waals surface area contributed by atoms with Gasteiger partial charge in [0.2, 0.25) is 0 Å². The lowest BCUT2D eigenvalue weighted by atomic mass is 10.2. The van der Waals surface area contributed by atoms with Crippen molar-refractivity contribution in [1.29, 1.82) is 0 Å². The highest BCUT2D eigenvalue weighted by molar-refractivity contribution is 7.92. The molecule has 2 N–H and O–H groups in total. The normalized spacial score (nSPS) is 20.1. The van der Waals surface area contributed by atoms with Crippen LogP contribution in [0.25, 0.3) is 0 Å². The number of hydrogen-bond acceptors (Lipinski definition) is 5. The quantitative estimate of drug-likeness (QED) is 0.474. The van der Waals surface area contributed by atoms with Gasteiger partial charge < -0.3 is 15.5 Å². The molecule has 0 spiro atoms. The molecule has 0 aromatic carbocycles. The van der Waals surface area contributed by atoms with Gasteiger partial charge in [-0.15, -0.1) is 0 Å². The number of aromatic nitrogens is 1. The van der Waals surface area contributed by atoms with Crippen LogP contribution in [0.5, 0.6) is 0 Å². The zero-order valence-corrected chi connectivity index (χ0v) is 14.7. The number of hydrogen-bond donors (Lipinski definition) is 2. The van der Waals surface area contributed by atoms with Crippen molar-refractivity contribution >= 4 is 21.6 Å². The predicted octanol–water partition coefficient (Wildman–Crippen LogP) is 0.578. The van der Waals surface area contributed by atoms with Gasteiger partial charge >= 0.3 is 0 Å². The summed E-state index contributed by atoms with van der Waals surface area (Å²) < 4.78 is 23.4. The SMILES string of the molecule is CN=C(NCCNc1ccccn1)N1CCS(=O)(=O)C(C)(C)C1. The van der Waals surface area contributed by atoms with Gasteiger partial charge in [-0.25, -0.2) is 13.4 Å². The fraction of sp³-hybridized carbons (Fsp3) is 0.600. The third-order valence-electron chi connectivity index (χ3n) is 3.93. The van der Waals surface area contributed by atoms with Crippen LogP contribution in [-0.2, 0) is 9.84 Å². The summed E-state index contributed by atoms with van der Waals surface area (Å²) in [6, 6.07) is 5.71. The van der Waals surface area contributed by atoms with E-state index >= 15 is 0 Å². The second-order valence-corrected chi connectivity index (χ2v) is 8.86. The summed E-state index contributed by atoms with van der Waals surface area (Å²) in [5, 5.41) is 6.48. The Labute approximate surface area is 138 Å². The van der Waals surface area contributed by atoms with Gasteiger partial charge in [0.15, 0.2) is 15.8 Å². The Morgan fingerprint density at radius 1 is 1.39 bits per heavy atom. The van der Waals surface area contributed by atoms with Crippen LogP contribution in [0.4, 0.5) is 5.82 Å². The minimum absolute atomic E-state index is 0.160.